The lowest BCUT2D eigenvalue weighted by atomic mass is 10.3. The molecule has 102 valence electrons. The van der Waals surface area contributed by atoms with E-state index in [1.54, 1.807) is 22.7 Å². The molecule has 1 aliphatic carbocycles. The van der Waals surface area contributed by atoms with Gasteiger partial charge in [-0.05, 0) is 41.7 Å². The molecule has 0 bridgehead atoms. The van der Waals surface area contributed by atoms with E-state index in [-0.39, 0.29) is 0 Å². The summed E-state index contributed by atoms with van der Waals surface area (Å²) in [6.07, 6.45) is 3.56. The second-order valence-electron chi connectivity index (χ2n) is 4.91. The van der Waals surface area contributed by atoms with Crippen LogP contribution in [0.1, 0.15) is 35.9 Å². The SMILES string of the molecule is CCc1nc(N(Cc2ccsc2)C2CC2)sc1CN. The highest BCUT2D eigenvalue weighted by atomic mass is 32.1. The Morgan fingerprint density at radius 2 is 2.32 bits per heavy atom. The largest absolute Gasteiger partial charge is 0.341 e. The highest BCUT2D eigenvalue weighted by Crippen LogP contribution is 2.36. The molecule has 2 aromatic rings. The van der Waals surface area contributed by atoms with Crippen molar-refractivity contribution in [3.05, 3.63) is 33.0 Å². The van der Waals surface area contributed by atoms with Crippen molar-refractivity contribution in [3.63, 3.8) is 0 Å². The molecule has 2 aromatic heterocycles. The van der Waals surface area contributed by atoms with Crippen LogP contribution in [0.3, 0.4) is 0 Å². The summed E-state index contributed by atoms with van der Waals surface area (Å²) in [7, 11) is 0. The number of thiazole rings is 1. The highest BCUT2D eigenvalue weighted by molar-refractivity contribution is 7.15. The molecular formula is C14H19N3S2. The van der Waals surface area contributed by atoms with Crippen LogP contribution in [0, 0.1) is 0 Å². The number of nitrogens with zero attached hydrogens (tertiary/aromatic N) is 2. The van der Waals surface area contributed by atoms with Gasteiger partial charge in [0.25, 0.3) is 0 Å². The Hall–Kier alpha value is -0.910. The Bertz CT molecular complexity index is 507. The van der Waals surface area contributed by atoms with Crippen molar-refractivity contribution in [3.8, 4) is 0 Å². The zero-order valence-corrected chi connectivity index (χ0v) is 12.8. The zero-order chi connectivity index (χ0) is 13.2. The molecule has 3 rings (SSSR count). The van der Waals surface area contributed by atoms with E-state index in [2.05, 4.69) is 28.7 Å². The van der Waals surface area contributed by atoms with Crippen LogP contribution in [0.5, 0.6) is 0 Å². The van der Waals surface area contributed by atoms with Gasteiger partial charge in [0.1, 0.15) is 0 Å². The maximum Gasteiger partial charge on any atom is 0.186 e. The fourth-order valence-corrected chi connectivity index (χ4v) is 4.00. The van der Waals surface area contributed by atoms with Gasteiger partial charge in [-0.1, -0.05) is 6.92 Å². The average Bonchev–Trinajstić information content (AvgIpc) is 2.99. The van der Waals surface area contributed by atoms with E-state index >= 15 is 0 Å². The molecule has 0 spiro atoms. The van der Waals surface area contributed by atoms with Crippen molar-refractivity contribution in [1.82, 2.24) is 4.98 Å². The van der Waals surface area contributed by atoms with Crippen LogP contribution in [0.4, 0.5) is 5.13 Å². The van der Waals surface area contributed by atoms with E-state index in [4.69, 9.17) is 10.7 Å². The third-order valence-corrected chi connectivity index (χ3v) is 5.34. The van der Waals surface area contributed by atoms with E-state index in [0.29, 0.717) is 12.6 Å². The van der Waals surface area contributed by atoms with Gasteiger partial charge in [-0.25, -0.2) is 4.98 Å². The van der Waals surface area contributed by atoms with Gasteiger partial charge in [-0.3, -0.25) is 0 Å². The fourth-order valence-electron chi connectivity index (χ4n) is 2.25. The smallest absolute Gasteiger partial charge is 0.186 e. The lowest BCUT2D eigenvalue weighted by Gasteiger charge is -2.20. The van der Waals surface area contributed by atoms with Gasteiger partial charge >= 0.3 is 0 Å². The molecule has 2 heterocycles. The monoisotopic (exact) mass is 293 g/mol. The molecular weight excluding hydrogens is 274 g/mol. The molecule has 0 amide bonds. The average molecular weight is 293 g/mol. The Kier molecular flexibility index (Phi) is 3.86. The van der Waals surface area contributed by atoms with E-state index in [1.807, 2.05) is 0 Å². The number of nitrogens with two attached hydrogens (primary N) is 1. The van der Waals surface area contributed by atoms with Crippen LogP contribution < -0.4 is 10.6 Å². The van der Waals surface area contributed by atoms with Gasteiger partial charge in [0.2, 0.25) is 0 Å². The first-order valence-corrected chi connectivity index (χ1v) is 8.54. The minimum Gasteiger partial charge on any atom is -0.341 e. The summed E-state index contributed by atoms with van der Waals surface area (Å²) >= 11 is 3.54. The van der Waals surface area contributed by atoms with Gasteiger partial charge in [0.05, 0.1) is 5.69 Å². The van der Waals surface area contributed by atoms with Crippen LogP contribution in [0.25, 0.3) is 0 Å². The van der Waals surface area contributed by atoms with Gasteiger partial charge in [0.15, 0.2) is 5.13 Å². The quantitative estimate of drug-likeness (QED) is 0.887. The molecule has 19 heavy (non-hydrogen) atoms. The molecule has 0 aliphatic heterocycles. The maximum absolute atomic E-state index is 5.82. The van der Waals surface area contributed by atoms with Crippen LogP contribution in [-0.4, -0.2) is 11.0 Å². The molecule has 2 N–H and O–H groups in total. The molecule has 5 heteroatoms. The second-order valence-corrected chi connectivity index (χ2v) is 6.76. The Labute approximate surface area is 122 Å². The summed E-state index contributed by atoms with van der Waals surface area (Å²) in [6, 6.07) is 2.89. The van der Waals surface area contributed by atoms with Crippen LogP contribution >= 0.6 is 22.7 Å². The Balaban J connectivity index is 1.85. The molecule has 0 unspecified atom stereocenters. The van der Waals surface area contributed by atoms with Crippen LogP contribution in [-0.2, 0) is 19.5 Å². The molecule has 0 aromatic carbocycles. The van der Waals surface area contributed by atoms with Gasteiger partial charge in [0, 0.05) is 24.0 Å². The number of hydrogen-bond acceptors (Lipinski definition) is 5. The van der Waals surface area contributed by atoms with E-state index in [0.717, 1.165) is 18.1 Å². The lowest BCUT2D eigenvalue weighted by molar-refractivity contribution is 0.787. The van der Waals surface area contributed by atoms with Gasteiger partial charge < -0.3 is 10.6 Å². The van der Waals surface area contributed by atoms with Crippen molar-refractivity contribution in [2.75, 3.05) is 4.90 Å². The minimum absolute atomic E-state index is 0.609. The van der Waals surface area contributed by atoms with E-state index in [9.17, 15) is 0 Å². The summed E-state index contributed by atoms with van der Waals surface area (Å²) in [5.74, 6) is 0. The maximum atomic E-state index is 5.82. The molecule has 0 saturated heterocycles. The zero-order valence-electron chi connectivity index (χ0n) is 11.1. The van der Waals surface area contributed by atoms with Crippen molar-refractivity contribution in [1.29, 1.82) is 0 Å². The number of aryl methyl sites for hydroxylation is 1. The summed E-state index contributed by atoms with van der Waals surface area (Å²) in [4.78, 5) is 8.52. The predicted octanol–water partition coefficient (Wildman–Crippen LogP) is 3.39. The third-order valence-electron chi connectivity index (χ3n) is 3.45. The van der Waals surface area contributed by atoms with Crippen molar-refractivity contribution >= 4 is 27.8 Å². The highest BCUT2D eigenvalue weighted by Gasteiger charge is 2.31. The number of hydrogen-bond donors (Lipinski definition) is 1. The first kappa shape index (κ1) is 13.1. The first-order chi connectivity index (χ1) is 9.31. The lowest BCUT2D eigenvalue weighted by Crippen LogP contribution is -2.24. The first-order valence-electron chi connectivity index (χ1n) is 6.78. The minimum atomic E-state index is 0.609. The van der Waals surface area contributed by atoms with E-state index < -0.39 is 0 Å². The number of rotatable bonds is 6. The summed E-state index contributed by atoms with van der Waals surface area (Å²) in [5, 5.41) is 5.53. The summed E-state index contributed by atoms with van der Waals surface area (Å²) < 4.78 is 0. The topological polar surface area (TPSA) is 42.2 Å². The predicted molar refractivity (Wildman–Crippen MR) is 82.9 cm³/mol. The fraction of sp³-hybridized carbons (Fsp3) is 0.500. The molecule has 0 radical (unpaired) electrons. The normalized spacial score (nSPS) is 14.8. The molecule has 1 fully saturated rings. The number of anilines is 1. The third kappa shape index (κ3) is 2.83. The van der Waals surface area contributed by atoms with Gasteiger partial charge in [-0.2, -0.15) is 11.3 Å². The summed E-state index contributed by atoms with van der Waals surface area (Å²) in [5.41, 5.74) is 8.39. The van der Waals surface area contributed by atoms with Crippen molar-refractivity contribution in [2.45, 2.75) is 45.3 Å². The van der Waals surface area contributed by atoms with Gasteiger partial charge in [-0.15, -0.1) is 11.3 Å². The van der Waals surface area contributed by atoms with Crippen LogP contribution in [0.2, 0.25) is 0 Å². The molecule has 1 aliphatic rings. The van der Waals surface area contributed by atoms with Crippen LogP contribution in [0.15, 0.2) is 16.8 Å². The molecule has 3 nitrogen and oxygen atoms in total. The Morgan fingerprint density at radius 3 is 2.84 bits per heavy atom. The second kappa shape index (κ2) is 5.61. The van der Waals surface area contributed by atoms with E-state index in [1.165, 1.54) is 29.0 Å². The number of aromatic nitrogens is 1. The Morgan fingerprint density at radius 1 is 1.47 bits per heavy atom. The standard InChI is InChI=1S/C14H19N3S2/c1-2-12-13(7-15)19-14(16-12)17(11-3-4-11)8-10-5-6-18-9-10/h5-6,9,11H,2-4,7-8,15H2,1H3. The van der Waals surface area contributed by atoms with Crippen molar-refractivity contribution in [2.24, 2.45) is 5.73 Å². The molecule has 1 saturated carbocycles. The van der Waals surface area contributed by atoms with Crippen molar-refractivity contribution < 1.29 is 0 Å². The number of thiophene rings is 1. The molecule has 0 atom stereocenters. The summed E-state index contributed by atoms with van der Waals surface area (Å²) in [6.45, 7) is 3.74.